The van der Waals surface area contributed by atoms with E-state index in [9.17, 15) is 22.8 Å². The number of hydrogen-bond donors (Lipinski definition) is 2. The number of H-pyrrole nitrogens is 1. The van der Waals surface area contributed by atoms with Crippen LogP contribution in [0.2, 0.25) is 0 Å². The normalized spacial score (nSPS) is 11.4. The summed E-state index contributed by atoms with van der Waals surface area (Å²) in [5.74, 6) is -1.81. The number of pyridine rings is 1. The monoisotopic (exact) mass is 378 g/mol. The van der Waals surface area contributed by atoms with Crippen molar-refractivity contribution in [3.63, 3.8) is 0 Å². The van der Waals surface area contributed by atoms with E-state index >= 15 is 0 Å². The second-order valence-electron chi connectivity index (χ2n) is 5.58. The van der Waals surface area contributed by atoms with Crippen LogP contribution in [0.4, 0.5) is 13.2 Å². The maximum atomic E-state index is 12.9. The van der Waals surface area contributed by atoms with E-state index in [1.807, 2.05) is 0 Å². The summed E-state index contributed by atoms with van der Waals surface area (Å²) in [7, 11) is 0. The maximum absolute atomic E-state index is 12.9. The molecule has 0 fully saturated rings. The Hall–Kier alpha value is -3.43. The fraction of sp³-hybridized carbons (Fsp3) is 0.176. The average molecular weight is 378 g/mol. The molecule has 0 aliphatic rings. The first kappa shape index (κ1) is 18.4. The number of nitrogens with zero attached hydrogens (tertiary/aromatic N) is 2. The first-order valence-electron chi connectivity index (χ1n) is 7.71. The molecule has 1 amide bonds. The van der Waals surface area contributed by atoms with Crippen LogP contribution in [-0.4, -0.2) is 20.9 Å². The van der Waals surface area contributed by atoms with Gasteiger partial charge in [0, 0.05) is 24.5 Å². The van der Waals surface area contributed by atoms with Gasteiger partial charge in [0.1, 0.15) is 17.0 Å². The smallest absolute Gasteiger partial charge is 0.449 e. The summed E-state index contributed by atoms with van der Waals surface area (Å²) in [4.78, 5) is 34.7. The molecule has 0 spiro atoms. The lowest BCUT2D eigenvalue weighted by atomic mass is 10.2. The summed E-state index contributed by atoms with van der Waals surface area (Å²) < 4.78 is 43.3. The minimum Gasteiger partial charge on any atom is -0.456 e. The maximum Gasteiger partial charge on any atom is 0.449 e. The molecule has 3 rings (SSSR count). The number of alkyl halides is 3. The number of amides is 1. The van der Waals surface area contributed by atoms with Crippen molar-refractivity contribution in [1.29, 1.82) is 0 Å². The lowest BCUT2D eigenvalue weighted by Crippen LogP contribution is -2.30. The third-order valence-corrected chi connectivity index (χ3v) is 3.58. The zero-order valence-electron chi connectivity index (χ0n) is 13.9. The molecule has 0 bridgehead atoms. The van der Waals surface area contributed by atoms with E-state index in [4.69, 9.17) is 0 Å². The molecule has 0 aromatic carbocycles. The van der Waals surface area contributed by atoms with Gasteiger partial charge in [-0.3, -0.25) is 14.6 Å². The van der Waals surface area contributed by atoms with E-state index in [0.717, 1.165) is 6.20 Å². The number of rotatable bonds is 4. The van der Waals surface area contributed by atoms with Gasteiger partial charge in [-0.05, 0) is 25.1 Å². The van der Waals surface area contributed by atoms with E-state index in [1.165, 1.54) is 19.2 Å². The van der Waals surface area contributed by atoms with Crippen LogP contribution in [-0.2, 0) is 12.7 Å². The molecule has 0 atom stereocenters. The van der Waals surface area contributed by atoms with Crippen molar-refractivity contribution in [1.82, 2.24) is 20.3 Å². The number of aromatic amines is 1. The molecule has 0 radical (unpaired) electrons. The summed E-state index contributed by atoms with van der Waals surface area (Å²) in [6.45, 7) is 0.915. The van der Waals surface area contributed by atoms with E-state index < -0.39 is 29.9 Å². The number of carbonyl (C=O) groups excluding carboxylic acids is 1. The van der Waals surface area contributed by atoms with Crippen LogP contribution in [0.1, 0.15) is 27.4 Å². The van der Waals surface area contributed by atoms with Crippen molar-refractivity contribution in [2.45, 2.75) is 19.6 Å². The highest BCUT2D eigenvalue weighted by Crippen LogP contribution is 2.33. The van der Waals surface area contributed by atoms with Crippen molar-refractivity contribution >= 4 is 5.91 Å². The van der Waals surface area contributed by atoms with Gasteiger partial charge >= 0.3 is 6.18 Å². The molecule has 3 aromatic rings. The predicted molar refractivity (Wildman–Crippen MR) is 87.7 cm³/mol. The Morgan fingerprint density at radius 2 is 2.07 bits per heavy atom. The summed E-state index contributed by atoms with van der Waals surface area (Å²) in [5.41, 5.74) is -0.890. The highest BCUT2D eigenvalue weighted by Gasteiger charge is 2.38. The van der Waals surface area contributed by atoms with E-state index in [2.05, 4.69) is 24.7 Å². The standard InChI is InChI=1S/C17H13F3N4O3/c1-9-6-10(13(27-9)17(18,19)20)7-23-15(25)11-8-22-14(24-16(11)26)12-4-2-3-5-21-12/h2-6,8H,7H2,1H3,(H,23,25)(H,22,24,26). The fourth-order valence-electron chi connectivity index (χ4n) is 2.40. The number of carbonyl (C=O) groups is 1. The van der Waals surface area contributed by atoms with Crippen LogP contribution in [0.5, 0.6) is 0 Å². The van der Waals surface area contributed by atoms with Gasteiger partial charge in [-0.2, -0.15) is 13.2 Å². The third kappa shape index (κ3) is 4.05. The molecular weight excluding hydrogens is 365 g/mol. The second-order valence-corrected chi connectivity index (χ2v) is 5.58. The quantitative estimate of drug-likeness (QED) is 0.727. The molecule has 0 saturated heterocycles. The summed E-state index contributed by atoms with van der Waals surface area (Å²) >= 11 is 0. The van der Waals surface area contributed by atoms with Crippen molar-refractivity contribution in [2.75, 3.05) is 0 Å². The second kappa shape index (κ2) is 7.06. The molecule has 3 aromatic heterocycles. The first-order chi connectivity index (χ1) is 12.8. The minimum absolute atomic E-state index is 0.0609. The Balaban J connectivity index is 1.77. The van der Waals surface area contributed by atoms with Crippen LogP contribution in [0.15, 0.2) is 45.9 Å². The zero-order valence-corrected chi connectivity index (χ0v) is 13.9. The lowest BCUT2D eigenvalue weighted by molar-refractivity contribution is -0.154. The minimum atomic E-state index is -4.68. The molecule has 0 aliphatic heterocycles. The highest BCUT2D eigenvalue weighted by atomic mass is 19.4. The summed E-state index contributed by atoms with van der Waals surface area (Å²) in [5, 5.41) is 2.27. The number of aryl methyl sites for hydroxylation is 1. The van der Waals surface area contributed by atoms with Gasteiger partial charge < -0.3 is 14.7 Å². The Labute approximate surface area is 150 Å². The molecule has 0 aliphatic carbocycles. The number of furan rings is 1. The van der Waals surface area contributed by atoms with Gasteiger partial charge in [0.15, 0.2) is 5.82 Å². The van der Waals surface area contributed by atoms with E-state index in [0.29, 0.717) is 5.69 Å². The van der Waals surface area contributed by atoms with Crippen molar-refractivity contribution in [3.8, 4) is 11.5 Å². The van der Waals surface area contributed by atoms with Crippen LogP contribution >= 0.6 is 0 Å². The molecule has 27 heavy (non-hydrogen) atoms. The predicted octanol–water partition coefficient (Wildman–Crippen LogP) is 2.68. The van der Waals surface area contributed by atoms with Crippen LogP contribution in [0.25, 0.3) is 11.5 Å². The third-order valence-electron chi connectivity index (χ3n) is 3.58. The van der Waals surface area contributed by atoms with Gasteiger partial charge in [0.2, 0.25) is 5.76 Å². The highest BCUT2D eigenvalue weighted by molar-refractivity contribution is 5.93. The molecule has 140 valence electrons. The molecule has 0 unspecified atom stereocenters. The first-order valence-corrected chi connectivity index (χ1v) is 7.71. The fourth-order valence-corrected chi connectivity index (χ4v) is 2.40. The van der Waals surface area contributed by atoms with Crippen molar-refractivity contribution < 1.29 is 22.4 Å². The van der Waals surface area contributed by atoms with Gasteiger partial charge in [-0.1, -0.05) is 6.07 Å². The topological polar surface area (TPSA) is 101 Å². The van der Waals surface area contributed by atoms with Crippen molar-refractivity contribution in [2.24, 2.45) is 0 Å². The molecular formula is C17H13F3N4O3. The van der Waals surface area contributed by atoms with Crippen molar-refractivity contribution in [3.05, 3.63) is 69.7 Å². The van der Waals surface area contributed by atoms with Crippen LogP contribution in [0, 0.1) is 6.92 Å². The SMILES string of the molecule is Cc1cc(CNC(=O)c2cnc(-c3ccccn3)[nH]c2=O)c(C(F)(F)F)o1. The zero-order chi connectivity index (χ0) is 19.6. The Bertz CT molecular complexity index is 1030. The average Bonchev–Trinajstić information content (AvgIpc) is 3.01. The number of aromatic nitrogens is 3. The molecule has 7 nitrogen and oxygen atoms in total. The van der Waals surface area contributed by atoms with Gasteiger partial charge in [-0.15, -0.1) is 0 Å². The van der Waals surface area contributed by atoms with Gasteiger partial charge in [0.25, 0.3) is 11.5 Å². The van der Waals surface area contributed by atoms with Crippen LogP contribution < -0.4 is 10.9 Å². The van der Waals surface area contributed by atoms with E-state index in [-0.39, 0.29) is 22.7 Å². The summed E-state index contributed by atoms with van der Waals surface area (Å²) in [6.07, 6.45) is -2.12. The molecule has 3 heterocycles. The van der Waals surface area contributed by atoms with E-state index in [1.54, 1.807) is 18.2 Å². The summed E-state index contributed by atoms with van der Waals surface area (Å²) in [6, 6.07) is 6.19. The largest absolute Gasteiger partial charge is 0.456 e. The Morgan fingerprint density at radius 1 is 1.30 bits per heavy atom. The van der Waals surface area contributed by atoms with Gasteiger partial charge in [-0.25, -0.2) is 4.98 Å². The Kier molecular flexibility index (Phi) is 4.80. The molecule has 0 saturated carbocycles. The Morgan fingerprint density at radius 3 is 2.70 bits per heavy atom. The molecule has 10 heteroatoms. The van der Waals surface area contributed by atoms with Crippen LogP contribution in [0.3, 0.4) is 0 Å². The lowest BCUT2D eigenvalue weighted by Gasteiger charge is -2.08. The molecule has 2 N–H and O–H groups in total. The van der Waals surface area contributed by atoms with Gasteiger partial charge in [0.05, 0.1) is 0 Å². The number of halogens is 3. The number of nitrogens with one attached hydrogen (secondary N) is 2. The number of hydrogen-bond acceptors (Lipinski definition) is 5.